The molecular formula is C15H26N2O2. The molecule has 0 aliphatic heterocycles. The van der Waals surface area contributed by atoms with Crippen LogP contribution < -0.4 is 10.6 Å². The zero-order chi connectivity index (χ0) is 14.3. The Balaban J connectivity index is 3.02. The lowest BCUT2D eigenvalue weighted by atomic mass is 10.0. The second kappa shape index (κ2) is 8.15. The number of rotatable bonds is 8. The SMILES string of the molecule is COCCN(c1ccccc1C(C)N)C(C)COC. The Morgan fingerprint density at radius 1 is 1.16 bits per heavy atom. The van der Waals surface area contributed by atoms with Crippen LogP contribution in [-0.2, 0) is 9.47 Å². The Kier molecular flexibility index (Phi) is 6.84. The van der Waals surface area contributed by atoms with Gasteiger partial charge in [0.1, 0.15) is 0 Å². The molecule has 0 amide bonds. The van der Waals surface area contributed by atoms with Gasteiger partial charge in [0, 0.05) is 38.5 Å². The molecule has 2 atom stereocenters. The average Bonchev–Trinajstić information content (AvgIpc) is 2.40. The Labute approximate surface area is 116 Å². The van der Waals surface area contributed by atoms with Crippen molar-refractivity contribution in [2.45, 2.75) is 25.9 Å². The van der Waals surface area contributed by atoms with Gasteiger partial charge in [0.15, 0.2) is 0 Å². The summed E-state index contributed by atoms with van der Waals surface area (Å²) >= 11 is 0. The van der Waals surface area contributed by atoms with E-state index in [1.165, 1.54) is 5.69 Å². The van der Waals surface area contributed by atoms with Gasteiger partial charge in [-0.3, -0.25) is 0 Å². The highest BCUT2D eigenvalue weighted by Crippen LogP contribution is 2.26. The second-order valence-electron chi connectivity index (χ2n) is 4.84. The van der Waals surface area contributed by atoms with E-state index in [0.717, 1.165) is 12.1 Å². The van der Waals surface area contributed by atoms with Crippen LogP contribution in [0.1, 0.15) is 25.5 Å². The molecule has 0 aromatic heterocycles. The molecule has 0 bridgehead atoms. The summed E-state index contributed by atoms with van der Waals surface area (Å²) in [6, 6.07) is 8.55. The van der Waals surface area contributed by atoms with Crippen LogP contribution in [0.15, 0.2) is 24.3 Å². The van der Waals surface area contributed by atoms with Gasteiger partial charge < -0.3 is 20.1 Å². The van der Waals surface area contributed by atoms with Crippen molar-refractivity contribution in [3.8, 4) is 0 Å². The summed E-state index contributed by atoms with van der Waals surface area (Å²) in [5.41, 5.74) is 8.39. The first-order valence-corrected chi connectivity index (χ1v) is 6.70. The third-order valence-electron chi connectivity index (χ3n) is 3.21. The number of nitrogens with two attached hydrogens (primary N) is 1. The lowest BCUT2D eigenvalue weighted by molar-refractivity contribution is 0.171. The summed E-state index contributed by atoms with van der Waals surface area (Å²) < 4.78 is 10.5. The van der Waals surface area contributed by atoms with Gasteiger partial charge in [0.25, 0.3) is 0 Å². The smallest absolute Gasteiger partial charge is 0.0663 e. The molecule has 0 saturated heterocycles. The molecule has 1 aromatic carbocycles. The van der Waals surface area contributed by atoms with Crippen LogP contribution in [0.5, 0.6) is 0 Å². The van der Waals surface area contributed by atoms with Gasteiger partial charge in [-0.15, -0.1) is 0 Å². The van der Waals surface area contributed by atoms with Gasteiger partial charge >= 0.3 is 0 Å². The number of ether oxygens (including phenoxy) is 2. The van der Waals surface area contributed by atoms with Gasteiger partial charge in [-0.05, 0) is 25.5 Å². The highest BCUT2D eigenvalue weighted by molar-refractivity contribution is 5.55. The predicted molar refractivity (Wildman–Crippen MR) is 79.6 cm³/mol. The fourth-order valence-electron chi connectivity index (χ4n) is 2.23. The minimum atomic E-state index is 0.0102. The van der Waals surface area contributed by atoms with Crippen molar-refractivity contribution >= 4 is 5.69 Å². The van der Waals surface area contributed by atoms with Gasteiger partial charge in [0.05, 0.1) is 13.2 Å². The van der Waals surface area contributed by atoms with Crippen LogP contribution in [0, 0.1) is 0 Å². The van der Waals surface area contributed by atoms with Crippen LogP contribution >= 0.6 is 0 Å². The maximum Gasteiger partial charge on any atom is 0.0663 e. The van der Waals surface area contributed by atoms with E-state index in [1.54, 1.807) is 14.2 Å². The predicted octanol–water partition coefficient (Wildman–Crippen LogP) is 2.19. The van der Waals surface area contributed by atoms with E-state index in [9.17, 15) is 0 Å². The topological polar surface area (TPSA) is 47.7 Å². The zero-order valence-electron chi connectivity index (χ0n) is 12.4. The van der Waals surface area contributed by atoms with E-state index in [2.05, 4.69) is 24.0 Å². The molecule has 19 heavy (non-hydrogen) atoms. The first kappa shape index (κ1) is 16.0. The average molecular weight is 266 g/mol. The normalized spacial score (nSPS) is 14.2. The Morgan fingerprint density at radius 2 is 1.84 bits per heavy atom. The molecule has 0 fully saturated rings. The summed E-state index contributed by atoms with van der Waals surface area (Å²) in [4.78, 5) is 2.30. The third-order valence-corrected chi connectivity index (χ3v) is 3.21. The maximum atomic E-state index is 6.07. The first-order chi connectivity index (χ1) is 9.11. The van der Waals surface area contributed by atoms with E-state index in [0.29, 0.717) is 13.2 Å². The molecule has 2 unspecified atom stereocenters. The molecule has 0 radical (unpaired) electrons. The molecule has 0 heterocycles. The molecule has 108 valence electrons. The monoisotopic (exact) mass is 266 g/mol. The second-order valence-corrected chi connectivity index (χ2v) is 4.84. The van der Waals surface area contributed by atoms with Crippen molar-refractivity contribution in [2.75, 3.05) is 38.9 Å². The summed E-state index contributed by atoms with van der Waals surface area (Å²) in [6.07, 6.45) is 0. The fourth-order valence-corrected chi connectivity index (χ4v) is 2.23. The van der Waals surface area contributed by atoms with E-state index < -0.39 is 0 Å². The van der Waals surface area contributed by atoms with E-state index >= 15 is 0 Å². The number of nitrogens with zero attached hydrogens (tertiary/aromatic N) is 1. The number of hydrogen-bond acceptors (Lipinski definition) is 4. The lowest BCUT2D eigenvalue weighted by Crippen LogP contribution is -2.39. The minimum absolute atomic E-state index is 0.0102. The number of anilines is 1. The van der Waals surface area contributed by atoms with Crippen molar-refractivity contribution in [3.63, 3.8) is 0 Å². The van der Waals surface area contributed by atoms with Crippen molar-refractivity contribution in [2.24, 2.45) is 5.73 Å². The van der Waals surface area contributed by atoms with E-state index in [1.807, 2.05) is 19.1 Å². The summed E-state index contributed by atoms with van der Waals surface area (Å²) in [7, 11) is 3.44. The van der Waals surface area contributed by atoms with Gasteiger partial charge in [-0.1, -0.05) is 18.2 Å². The molecule has 1 aromatic rings. The standard InChI is InChI=1S/C15H26N2O2/c1-12(11-19-4)17(9-10-18-3)15-8-6-5-7-14(15)13(2)16/h5-8,12-13H,9-11,16H2,1-4H3. The summed E-state index contributed by atoms with van der Waals surface area (Å²) in [6.45, 7) is 6.34. The molecule has 2 N–H and O–H groups in total. The van der Waals surface area contributed by atoms with Crippen LogP contribution in [0.4, 0.5) is 5.69 Å². The molecule has 0 saturated carbocycles. The zero-order valence-corrected chi connectivity index (χ0v) is 12.4. The van der Waals surface area contributed by atoms with E-state index in [4.69, 9.17) is 15.2 Å². The van der Waals surface area contributed by atoms with Crippen LogP contribution in [0.25, 0.3) is 0 Å². The van der Waals surface area contributed by atoms with Crippen LogP contribution in [-0.4, -0.2) is 40.0 Å². The Morgan fingerprint density at radius 3 is 2.42 bits per heavy atom. The highest BCUT2D eigenvalue weighted by Gasteiger charge is 2.18. The number of methoxy groups -OCH3 is 2. The maximum absolute atomic E-state index is 6.07. The Bertz CT molecular complexity index is 369. The molecule has 0 aliphatic rings. The number of hydrogen-bond donors (Lipinski definition) is 1. The van der Waals surface area contributed by atoms with Crippen molar-refractivity contribution < 1.29 is 9.47 Å². The molecule has 4 heteroatoms. The lowest BCUT2D eigenvalue weighted by Gasteiger charge is -2.33. The van der Waals surface area contributed by atoms with Gasteiger partial charge in [-0.2, -0.15) is 0 Å². The first-order valence-electron chi connectivity index (χ1n) is 6.70. The molecule has 0 spiro atoms. The molecule has 4 nitrogen and oxygen atoms in total. The quantitative estimate of drug-likeness (QED) is 0.783. The van der Waals surface area contributed by atoms with Crippen LogP contribution in [0.3, 0.4) is 0 Å². The summed E-state index contributed by atoms with van der Waals surface area (Å²) in [5, 5.41) is 0. The molecular weight excluding hydrogens is 240 g/mol. The van der Waals surface area contributed by atoms with Crippen molar-refractivity contribution in [1.29, 1.82) is 0 Å². The van der Waals surface area contributed by atoms with E-state index in [-0.39, 0.29) is 12.1 Å². The summed E-state index contributed by atoms with van der Waals surface area (Å²) in [5.74, 6) is 0. The largest absolute Gasteiger partial charge is 0.383 e. The minimum Gasteiger partial charge on any atom is -0.383 e. The highest BCUT2D eigenvalue weighted by atomic mass is 16.5. The van der Waals surface area contributed by atoms with Crippen molar-refractivity contribution in [1.82, 2.24) is 0 Å². The number of para-hydroxylation sites is 1. The fraction of sp³-hybridized carbons (Fsp3) is 0.600. The number of benzene rings is 1. The van der Waals surface area contributed by atoms with Crippen LogP contribution in [0.2, 0.25) is 0 Å². The third kappa shape index (κ3) is 4.49. The molecule has 0 aliphatic carbocycles. The van der Waals surface area contributed by atoms with Gasteiger partial charge in [0.2, 0.25) is 0 Å². The Hall–Kier alpha value is -1.10. The van der Waals surface area contributed by atoms with Gasteiger partial charge in [-0.25, -0.2) is 0 Å². The molecule has 1 rings (SSSR count). The van der Waals surface area contributed by atoms with Crippen molar-refractivity contribution in [3.05, 3.63) is 29.8 Å².